The van der Waals surface area contributed by atoms with Crippen LogP contribution in [0.3, 0.4) is 0 Å². The fraction of sp³-hybridized carbons (Fsp3) is 0.296. The minimum atomic E-state index is -0.772. The first kappa shape index (κ1) is 26.7. The second kappa shape index (κ2) is 10.9. The Morgan fingerprint density at radius 1 is 1.24 bits per heavy atom. The van der Waals surface area contributed by atoms with E-state index in [9.17, 15) is 14.7 Å². The Morgan fingerprint density at radius 2 is 2.00 bits per heavy atom. The molecule has 3 aromatic rings. The number of hydrogen-bond acceptors (Lipinski definition) is 8. The van der Waals surface area contributed by atoms with Crippen LogP contribution in [0.15, 0.2) is 61.9 Å². The lowest BCUT2D eigenvalue weighted by molar-refractivity contribution is -0.139. The molecule has 0 bridgehead atoms. The molecular weight excluding hydrogens is 560 g/mol. The van der Waals surface area contributed by atoms with E-state index in [1.807, 2.05) is 19.9 Å². The van der Waals surface area contributed by atoms with Crippen LogP contribution < -0.4 is 24.4 Å². The highest BCUT2D eigenvalue weighted by atomic mass is 79.9. The van der Waals surface area contributed by atoms with Crippen LogP contribution in [-0.2, 0) is 9.53 Å². The highest BCUT2D eigenvalue weighted by Gasteiger charge is 2.34. The molecular formula is C27H27BrN2O6S. The fourth-order valence-electron chi connectivity index (χ4n) is 4.08. The van der Waals surface area contributed by atoms with Gasteiger partial charge in [0.1, 0.15) is 5.75 Å². The maximum absolute atomic E-state index is 13.7. The van der Waals surface area contributed by atoms with E-state index in [2.05, 4.69) is 20.9 Å². The van der Waals surface area contributed by atoms with Crippen molar-refractivity contribution in [1.82, 2.24) is 4.57 Å². The highest BCUT2D eigenvalue weighted by Crippen LogP contribution is 2.36. The first-order valence-electron chi connectivity index (χ1n) is 11.7. The van der Waals surface area contributed by atoms with Crippen molar-refractivity contribution >= 4 is 39.3 Å². The number of aromatic hydroxyl groups is 1. The smallest absolute Gasteiger partial charge is 0.338 e. The first-order valence-corrected chi connectivity index (χ1v) is 13.3. The number of carbonyl (C=O) groups excluding carboxylic acids is 1. The number of methoxy groups -OCH3 is 1. The number of benzene rings is 2. The van der Waals surface area contributed by atoms with Crippen molar-refractivity contribution in [3.8, 4) is 17.2 Å². The summed E-state index contributed by atoms with van der Waals surface area (Å²) in [6.45, 7) is 7.49. The van der Waals surface area contributed by atoms with Crippen LogP contribution in [0.4, 0.5) is 0 Å². The molecule has 10 heteroatoms. The molecule has 0 spiro atoms. The van der Waals surface area contributed by atoms with E-state index in [1.165, 1.54) is 15.9 Å². The quantitative estimate of drug-likeness (QED) is 0.419. The number of ether oxygens (including phenoxy) is 3. The molecule has 0 aliphatic carbocycles. The fourth-order valence-corrected chi connectivity index (χ4v) is 5.52. The Labute approximate surface area is 226 Å². The molecule has 37 heavy (non-hydrogen) atoms. The van der Waals surface area contributed by atoms with Gasteiger partial charge in [0.05, 0.1) is 46.1 Å². The third-order valence-corrected chi connectivity index (χ3v) is 7.27. The molecule has 2 heterocycles. The van der Waals surface area contributed by atoms with Gasteiger partial charge in [0, 0.05) is 0 Å². The van der Waals surface area contributed by atoms with Crippen molar-refractivity contribution in [1.29, 1.82) is 0 Å². The lowest BCUT2D eigenvalue weighted by Crippen LogP contribution is -2.40. The highest BCUT2D eigenvalue weighted by molar-refractivity contribution is 9.10. The molecule has 1 aliphatic heterocycles. The van der Waals surface area contributed by atoms with Crippen LogP contribution in [-0.4, -0.2) is 35.5 Å². The monoisotopic (exact) mass is 586 g/mol. The Hall–Kier alpha value is -3.37. The number of carbonyl (C=O) groups is 1. The molecule has 194 valence electrons. The number of rotatable bonds is 7. The third-order valence-electron chi connectivity index (χ3n) is 5.65. The summed E-state index contributed by atoms with van der Waals surface area (Å²) in [7, 11) is 1.54. The predicted octanol–water partition coefficient (Wildman–Crippen LogP) is 4.06. The van der Waals surface area contributed by atoms with Gasteiger partial charge in [0.2, 0.25) is 0 Å². The standard InChI is InChI=1S/C27H27BrN2O6S/c1-6-35-26(33)23-15(4)29-27-30(24(23)17-8-10-20(36-14(2)3)21(13-17)34-5)25(32)22(37-27)12-16-7-9-19(31)18(28)11-16/h7-14,24,31H,6H2,1-5H3. The van der Waals surface area contributed by atoms with Gasteiger partial charge < -0.3 is 19.3 Å². The lowest BCUT2D eigenvalue weighted by Gasteiger charge is -2.25. The van der Waals surface area contributed by atoms with E-state index >= 15 is 0 Å². The van der Waals surface area contributed by atoms with Crippen molar-refractivity contribution in [2.24, 2.45) is 4.99 Å². The normalized spacial score (nSPS) is 15.4. The zero-order valence-corrected chi connectivity index (χ0v) is 23.5. The largest absolute Gasteiger partial charge is 0.507 e. The van der Waals surface area contributed by atoms with Crippen molar-refractivity contribution in [3.63, 3.8) is 0 Å². The van der Waals surface area contributed by atoms with E-state index < -0.39 is 12.0 Å². The van der Waals surface area contributed by atoms with Gasteiger partial charge in [0.15, 0.2) is 16.3 Å². The molecule has 0 saturated carbocycles. The number of phenols is 1. The average Bonchev–Trinajstić information content (AvgIpc) is 3.15. The summed E-state index contributed by atoms with van der Waals surface area (Å²) in [5, 5.41) is 9.81. The molecule has 0 saturated heterocycles. The average molecular weight is 587 g/mol. The molecule has 0 amide bonds. The molecule has 1 N–H and O–H groups in total. The zero-order valence-electron chi connectivity index (χ0n) is 21.1. The Balaban J connectivity index is 1.94. The van der Waals surface area contributed by atoms with Gasteiger partial charge >= 0.3 is 5.97 Å². The van der Waals surface area contributed by atoms with Crippen molar-refractivity contribution < 1.29 is 24.1 Å². The summed E-state index contributed by atoms with van der Waals surface area (Å²) in [5.74, 6) is 0.615. The second-order valence-corrected chi connectivity index (χ2v) is 10.5. The van der Waals surface area contributed by atoms with Crippen molar-refractivity contribution in [2.45, 2.75) is 39.8 Å². The number of halogens is 1. The zero-order chi connectivity index (χ0) is 26.9. The number of allylic oxidation sites excluding steroid dienone is 1. The maximum atomic E-state index is 13.7. The van der Waals surface area contributed by atoms with Crippen LogP contribution in [0.25, 0.3) is 6.08 Å². The number of nitrogens with zero attached hydrogens (tertiary/aromatic N) is 2. The van der Waals surface area contributed by atoms with Crippen LogP contribution in [0, 0.1) is 0 Å². The Bertz CT molecular complexity index is 1570. The van der Waals surface area contributed by atoms with E-state index in [4.69, 9.17) is 14.2 Å². The molecule has 0 fully saturated rings. The van der Waals surface area contributed by atoms with Gasteiger partial charge in [-0.25, -0.2) is 9.79 Å². The molecule has 0 radical (unpaired) electrons. The van der Waals surface area contributed by atoms with Gasteiger partial charge in [-0.3, -0.25) is 9.36 Å². The molecule has 1 aromatic heterocycles. The minimum absolute atomic E-state index is 0.0606. The topological polar surface area (TPSA) is 99.4 Å². The molecule has 4 rings (SSSR count). The van der Waals surface area contributed by atoms with Crippen molar-refractivity contribution in [2.75, 3.05) is 13.7 Å². The minimum Gasteiger partial charge on any atom is -0.507 e. The summed E-state index contributed by atoms with van der Waals surface area (Å²) in [4.78, 5) is 31.9. The van der Waals surface area contributed by atoms with E-state index in [0.717, 1.165) is 5.56 Å². The number of aromatic nitrogens is 1. The molecule has 1 aliphatic rings. The SMILES string of the molecule is CCOC(=O)C1=C(C)N=c2sc(=Cc3ccc(O)c(Br)c3)c(=O)n2C1c1ccc(OC(C)C)c(OC)c1. The number of hydrogen-bond donors (Lipinski definition) is 1. The van der Waals surface area contributed by atoms with Gasteiger partial charge in [-0.2, -0.15) is 0 Å². The van der Waals surface area contributed by atoms with Crippen molar-refractivity contribution in [3.05, 3.63) is 83.0 Å². The maximum Gasteiger partial charge on any atom is 0.338 e. The van der Waals surface area contributed by atoms with Gasteiger partial charge in [-0.1, -0.05) is 23.5 Å². The Kier molecular flexibility index (Phi) is 7.89. The number of fused-ring (bicyclic) bond motifs is 1. The van der Waals surface area contributed by atoms with Gasteiger partial charge in [-0.05, 0) is 85.1 Å². The van der Waals surface area contributed by atoms with Crippen LogP contribution >= 0.6 is 27.3 Å². The van der Waals surface area contributed by atoms with Gasteiger partial charge in [0.25, 0.3) is 5.56 Å². The Morgan fingerprint density at radius 3 is 2.65 bits per heavy atom. The van der Waals surface area contributed by atoms with Gasteiger partial charge in [-0.15, -0.1) is 0 Å². The predicted molar refractivity (Wildman–Crippen MR) is 145 cm³/mol. The van der Waals surface area contributed by atoms with Crippen LogP contribution in [0.2, 0.25) is 0 Å². The van der Waals surface area contributed by atoms with Crippen LogP contribution in [0.1, 0.15) is 44.9 Å². The molecule has 1 atom stereocenters. The third kappa shape index (κ3) is 5.35. The summed E-state index contributed by atoms with van der Waals surface area (Å²) >= 11 is 4.53. The van der Waals surface area contributed by atoms with E-state index in [0.29, 0.717) is 36.6 Å². The summed E-state index contributed by atoms with van der Waals surface area (Å²) < 4.78 is 19.3. The molecule has 1 unspecified atom stereocenters. The summed E-state index contributed by atoms with van der Waals surface area (Å²) in [5.41, 5.74) is 1.85. The summed E-state index contributed by atoms with van der Waals surface area (Å²) in [6, 6.07) is 9.57. The molecule has 8 nitrogen and oxygen atoms in total. The first-order chi connectivity index (χ1) is 17.6. The number of phenolic OH excluding ortho intramolecular Hbond substituents is 1. The number of esters is 1. The van der Waals surface area contributed by atoms with Crippen LogP contribution in [0.5, 0.6) is 17.2 Å². The number of thiazole rings is 1. The second-order valence-electron chi connectivity index (χ2n) is 8.59. The molecule has 2 aromatic carbocycles. The van der Waals surface area contributed by atoms with E-state index in [-0.39, 0.29) is 29.6 Å². The summed E-state index contributed by atoms with van der Waals surface area (Å²) in [6.07, 6.45) is 1.67. The lowest BCUT2D eigenvalue weighted by atomic mass is 9.95. The van der Waals surface area contributed by atoms with E-state index in [1.54, 1.807) is 57.4 Å².